The highest BCUT2D eigenvalue weighted by Gasteiger charge is 2.09. The lowest BCUT2D eigenvalue weighted by molar-refractivity contribution is 0.127. The summed E-state index contributed by atoms with van der Waals surface area (Å²) in [4.78, 5) is 0. The molecular weight excluding hydrogens is 192 g/mol. The zero-order valence-electron chi connectivity index (χ0n) is 9.96. The molecule has 4 nitrogen and oxygen atoms in total. The molecule has 0 aliphatic carbocycles. The number of hydrogen-bond acceptors (Lipinski definition) is 4. The summed E-state index contributed by atoms with van der Waals surface area (Å²) in [5.41, 5.74) is 2.11. The molecule has 1 aromatic heterocycles. The van der Waals surface area contributed by atoms with Crippen molar-refractivity contribution in [1.29, 1.82) is 0 Å². The van der Waals surface area contributed by atoms with E-state index in [0.717, 1.165) is 36.8 Å². The van der Waals surface area contributed by atoms with Gasteiger partial charge in [0.15, 0.2) is 0 Å². The third kappa shape index (κ3) is 3.64. The Kier molecular flexibility index (Phi) is 4.78. The Labute approximate surface area is 91.0 Å². The van der Waals surface area contributed by atoms with E-state index >= 15 is 0 Å². The highest BCUT2D eigenvalue weighted by atomic mass is 16.5. The highest BCUT2D eigenvalue weighted by molar-refractivity contribution is 5.20. The van der Waals surface area contributed by atoms with Crippen LogP contribution in [-0.4, -0.2) is 24.4 Å². The summed E-state index contributed by atoms with van der Waals surface area (Å²) < 4.78 is 10.4. The van der Waals surface area contributed by atoms with Crippen LogP contribution >= 0.6 is 0 Å². The van der Waals surface area contributed by atoms with Crippen LogP contribution in [0, 0.1) is 13.8 Å². The van der Waals surface area contributed by atoms with Gasteiger partial charge < -0.3 is 14.6 Å². The molecule has 1 rings (SSSR count). The first-order valence-electron chi connectivity index (χ1n) is 5.38. The first-order valence-corrected chi connectivity index (χ1v) is 5.38. The summed E-state index contributed by atoms with van der Waals surface area (Å²) in [6.07, 6.45) is 0. The molecule has 0 saturated carbocycles. The fourth-order valence-corrected chi connectivity index (χ4v) is 1.38. The molecule has 0 aliphatic rings. The van der Waals surface area contributed by atoms with Gasteiger partial charge in [-0.05, 0) is 27.7 Å². The number of nitrogens with zero attached hydrogens (tertiary/aromatic N) is 1. The Balaban J connectivity index is 2.36. The van der Waals surface area contributed by atoms with Crippen LogP contribution in [0.25, 0.3) is 0 Å². The predicted octanol–water partition coefficient (Wildman–Crippen LogP) is 1.81. The van der Waals surface area contributed by atoms with Gasteiger partial charge in [0.25, 0.3) is 0 Å². The monoisotopic (exact) mass is 212 g/mol. The molecule has 0 spiro atoms. The number of aromatic nitrogens is 1. The minimum Gasteiger partial charge on any atom is -0.380 e. The van der Waals surface area contributed by atoms with Gasteiger partial charge in [0.2, 0.25) is 0 Å². The molecule has 4 heteroatoms. The van der Waals surface area contributed by atoms with Crippen molar-refractivity contribution in [2.75, 3.05) is 13.2 Å². The van der Waals surface area contributed by atoms with E-state index in [9.17, 15) is 0 Å². The van der Waals surface area contributed by atoms with E-state index in [1.807, 2.05) is 20.8 Å². The molecule has 0 radical (unpaired) electrons. The Hall–Kier alpha value is -0.870. The molecule has 86 valence electrons. The molecule has 0 fully saturated rings. The number of rotatable bonds is 6. The van der Waals surface area contributed by atoms with E-state index in [-0.39, 0.29) is 0 Å². The van der Waals surface area contributed by atoms with Crippen molar-refractivity contribution in [2.45, 2.75) is 40.3 Å². The quantitative estimate of drug-likeness (QED) is 0.781. The van der Waals surface area contributed by atoms with E-state index in [1.54, 1.807) is 0 Å². The lowest BCUT2D eigenvalue weighted by Gasteiger charge is -2.13. The summed E-state index contributed by atoms with van der Waals surface area (Å²) >= 11 is 0. The second kappa shape index (κ2) is 5.88. The van der Waals surface area contributed by atoms with Gasteiger partial charge in [-0.2, -0.15) is 0 Å². The molecule has 0 amide bonds. The van der Waals surface area contributed by atoms with Crippen molar-refractivity contribution < 1.29 is 9.26 Å². The van der Waals surface area contributed by atoms with Crippen LogP contribution in [0.4, 0.5) is 0 Å². The van der Waals surface area contributed by atoms with E-state index in [2.05, 4.69) is 17.4 Å². The minimum absolute atomic E-state index is 0.346. The average molecular weight is 212 g/mol. The van der Waals surface area contributed by atoms with Crippen LogP contribution in [0.15, 0.2) is 4.52 Å². The van der Waals surface area contributed by atoms with Crippen molar-refractivity contribution in [1.82, 2.24) is 10.5 Å². The van der Waals surface area contributed by atoms with Crippen molar-refractivity contribution in [3.8, 4) is 0 Å². The van der Waals surface area contributed by atoms with Crippen LogP contribution in [0.5, 0.6) is 0 Å². The van der Waals surface area contributed by atoms with Gasteiger partial charge >= 0.3 is 0 Å². The lowest BCUT2D eigenvalue weighted by Crippen LogP contribution is -2.30. The number of ether oxygens (including phenoxy) is 1. The van der Waals surface area contributed by atoms with E-state index in [4.69, 9.17) is 9.26 Å². The van der Waals surface area contributed by atoms with Crippen molar-refractivity contribution >= 4 is 0 Å². The Morgan fingerprint density at radius 3 is 2.73 bits per heavy atom. The van der Waals surface area contributed by atoms with Gasteiger partial charge in [-0.3, -0.25) is 0 Å². The largest absolute Gasteiger partial charge is 0.380 e. The highest BCUT2D eigenvalue weighted by Crippen LogP contribution is 2.11. The zero-order valence-corrected chi connectivity index (χ0v) is 9.96. The van der Waals surface area contributed by atoms with Gasteiger partial charge in [0.1, 0.15) is 5.76 Å². The van der Waals surface area contributed by atoms with Crippen molar-refractivity contribution in [3.05, 3.63) is 17.0 Å². The molecule has 0 aromatic carbocycles. The molecule has 0 aliphatic heterocycles. The van der Waals surface area contributed by atoms with Gasteiger partial charge in [-0.15, -0.1) is 0 Å². The van der Waals surface area contributed by atoms with E-state index < -0.39 is 0 Å². The SMILES string of the molecule is CCOCC(C)NCc1c(C)noc1C. The third-order valence-electron chi connectivity index (χ3n) is 2.38. The fraction of sp³-hybridized carbons (Fsp3) is 0.727. The normalized spacial score (nSPS) is 13.1. The Morgan fingerprint density at radius 2 is 2.20 bits per heavy atom. The fourth-order valence-electron chi connectivity index (χ4n) is 1.38. The lowest BCUT2D eigenvalue weighted by atomic mass is 10.2. The standard InChI is InChI=1S/C11H20N2O2/c1-5-14-7-8(2)12-6-11-9(3)13-15-10(11)4/h8,12H,5-7H2,1-4H3. The van der Waals surface area contributed by atoms with Gasteiger partial charge in [-0.1, -0.05) is 5.16 Å². The summed E-state index contributed by atoms with van der Waals surface area (Å²) in [6.45, 7) is 10.3. The van der Waals surface area contributed by atoms with Crippen molar-refractivity contribution in [3.63, 3.8) is 0 Å². The van der Waals surface area contributed by atoms with Crippen LogP contribution in [0.2, 0.25) is 0 Å². The number of nitrogens with one attached hydrogen (secondary N) is 1. The maximum Gasteiger partial charge on any atom is 0.138 e. The first kappa shape index (κ1) is 12.2. The predicted molar refractivity (Wildman–Crippen MR) is 58.8 cm³/mol. The summed E-state index contributed by atoms with van der Waals surface area (Å²) in [5.74, 6) is 0.892. The van der Waals surface area contributed by atoms with E-state index in [0.29, 0.717) is 6.04 Å². The van der Waals surface area contributed by atoms with Crippen LogP contribution in [-0.2, 0) is 11.3 Å². The van der Waals surface area contributed by atoms with Gasteiger partial charge in [-0.25, -0.2) is 0 Å². The molecule has 1 N–H and O–H groups in total. The van der Waals surface area contributed by atoms with Crippen molar-refractivity contribution in [2.24, 2.45) is 0 Å². The second-order valence-electron chi connectivity index (χ2n) is 3.74. The summed E-state index contributed by atoms with van der Waals surface area (Å²) in [7, 11) is 0. The summed E-state index contributed by atoms with van der Waals surface area (Å²) in [6, 6.07) is 0.346. The molecule has 1 heterocycles. The molecule has 15 heavy (non-hydrogen) atoms. The number of hydrogen-bond donors (Lipinski definition) is 1. The molecule has 0 saturated heterocycles. The minimum atomic E-state index is 0.346. The van der Waals surface area contributed by atoms with Gasteiger partial charge in [0, 0.05) is 24.8 Å². The van der Waals surface area contributed by atoms with Crippen LogP contribution in [0.1, 0.15) is 30.9 Å². The number of aryl methyl sites for hydroxylation is 2. The Morgan fingerprint density at radius 1 is 1.47 bits per heavy atom. The molecule has 1 aromatic rings. The van der Waals surface area contributed by atoms with E-state index in [1.165, 1.54) is 0 Å². The average Bonchev–Trinajstić information content (AvgIpc) is 2.53. The molecule has 1 unspecified atom stereocenters. The van der Waals surface area contributed by atoms with Crippen LogP contribution in [0.3, 0.4) is 0 Å². The maximum atomic E-state index is 5.32. The molecule has 0 bridgehead atoms. The Bertz CT molecular complexity index is 277. The maximum absolute atomic E-state index is 5.32. The zero-order chi connectivity index (χ0) is 11.3. The second-order valence-corrected chi connectivity index (χ2v) is 3.74. The molecular formula is C11H20N2O2. The summed E-state index contributed by atoms with van der Waals surface area (Å²) in [5, 5.41) is 7.29. The van der Waals surface area contributed by atoms with Crippen LogP contribution < -0.4 is 5.32 Å². The topological polar surface area (TPSA) is 47.3 Å². The first-order chi connectivity index (χ1) is 7.15. The van der Waals surface area contributed by atoms with Gasteiger partial charge in [0.05, 0.1) is 12.3 Å². The smallest absolute Gasteiger partial charge is 0.138 e. The third-order valence-corrected chi connectivity index (χ3v) is 2.38. The molecule has 1 atom stereocenters.